The second-order valence-corrected chi connectivity index (χ2v) is 13.2. The average molecular weight is 666 g/mol. The lowest BCUT2D eigenvalue weighted by Crippen LogP contribution is -1.85. The van der Waals surface area contributed by atoms with Crippen LogP contribution in [0.2, 0.25) is 0 Å². The molecule has 52 heavy (non-hydrogen) atoms. The van der Waals surface area contributed by atoms with Crippen molar-refractivity contribution >= 4 is 33.0 Å². The van der Waals surface area contributed by atoms with Crippen molar-refractivity contribution in [2.45, 2.75) is 0 Å². The van der Waals surface area contributed by atoms with Gasteiger partial charge in [-0.1, -0.05) is 140 Å². The fraction of sp³-hybridized carbons (Fsp3) is 0. The van der Waals surface area contributed by atoms with Crippen LogP contribution in [0, 0.1) is 0 Å². The SMILES string of the molecule is c1ccc(-c2ccc(-c3ccc4oc5c(-c6ccc(-c7nc8ccccc8o7)cc6)cc(-c6ccc(-c7ccccc7)cc6)cc5c4c3)cc2)cc1. The summed E-state index contributed by atoms with van der Waals surface area (Å²) in [5.41, 5.74) is 15.8. The summed E-state index contributed by atoms with van der Waals surface area (Å²) in [7, 11) is 0. The fourth-order valence-electron chi connectivity index (χ4n) is 7.20. The second kappa shape index (κ2) is 12.4. The number of para-hydroxylation sites is 2. The van der Waals surface area contributed by atoms with Crippen molar-refractivity contribution < 1.29 is 8.83 Å². The van der Waals surface area contributed by atoms with Crippen LogP contribution in [-0.2, 0) is 0 Å². The normalized spacial score (nSPS) is 11.5. The van der Waals surface area contributed by atoms with Gasteiger partial charge >= 0.3 is 0 Å². The van der Waals surface area contributed by atoms with E-state index >= 15 is 0 Å². The van der Waals surface area contributed by atoms with Crippen molar-refractivity contribution in [3.05, 3.63) is 188 Å². The number of nitrogens with zero attached hydrogens (tertiary/aromatic N) is 1. The molecule has 3 nitrogen and oxygen atoms in total. The van der Waals surface area contributed by atoms with Crippen molar-refractivity contribution in [1.82, 2.24) is 4.98 Å². The molecule has 8 aromatic carbocycles. The first-order chi connectivity index (χ1) is 25.7. The topological polar surface area (TPSA) is 39.2 Å². The van der Waals surface area contributed by atoms with Crippen LogP contribution in [0.1, 0.15) is 0 Å². The van der Waals surface area contributed by atoms with E-state index in [0.717, 1.165) is 66.4 Å². The van der Waals surface area contributed by atoms with Crippen molar-refractivity contribution in [1.29, 1.82) is 0 Å². The molecule has 0 aliphatic carbocycles. The number of fused-ring (bicyclic) bond motifs is 4. The highest BCUT2D eigenvalue weighted by atomic mass is 16.3. The number of benzene rings is 8. The van der Waals surface area contributed by atoms with Gasteiger partial charge in [-0.3, -0.25) is 0 Å². The average Bonchev–Trinajstić information content (AvgIpc) is 3.83. The Hall–Kier alpha value is -6.97. The number of hydrogen-bond donors (Lipinski definition) is 0. The van der Waals surface area contributed by atoms with Gasteiger partial charge in [-0.25, -0.2) is 4.98 Å². The summed E-state index contributed by atoms with van der Waals surface area (Å²) in [6.07, 6.45) is 0. The van der Waals surface area contributed by atoms with Crippen LogP contribution < -0.4 is 0 Å². The molecule has 0 aliphatic rings. The highest BCUT2D eigenvalue weighted by Crippen LogP contribution is 2.41. The van der Waals surface area contributed by atoms with Gasteiger partial charge in [0.2, 0.25) is 5.89 Å². The number of rotatable bonds is 6. The van der Waals surface area contributed by atoms with Gasteiger partial charge in [0, 0.05) is 21.9 Å². The lowest BCUT2D eigenvalue weighted by molar-refractivity contribution is 0.620. The Morgan fingerprint density at radius 2 is 0.788 bits per heavy atom. The first-order valence-corrected chi connectivity index (χ1v) is 17.5. The molecular formula is C49H31NO2. The van der Waals surface area contributed by atoms with Crippen molar-refractivity contribution in [3.63, 3.8) is 0 Å². The third-order valence-corrected chi connectivity index (χ3v) is 9.96. The van der Waals surface area contributed by atoms with Gasteiger partial charge in [-0.2, -0.15) is 0 Å². The Bertz CT molecular complexity index is 2810. The largest absolute Gasteiger partial charge is 0.455 e. The van der Waals surface area contributed by atoms with E-state index in [4.69, 9.17) is 13.8 Å². The molecule has 244 valence electrons. The van der Waals surface area contributed by atoms with E-state index in [9.17, 15) is 0 Å². The van der Waals surface area contributed by atoms with Crippen LogP contribution in [-0.4, -0.2) is 4.98 Å². The van der Waals surface area contributed by atoms with E-state index in [2.05, 4.69) is 158 Å². The highest BCUT2D eigenvalue weighted by molar-refractivity contribution is 6.12. The minimum absolute atomic E-state index is 0.609. The van der Waals surface area contributed by atoms with E-state index < -0.39 is 0 Å². The van der Waals surface area contributed by atoms with Crippen LogP contribution >= 0.6 is 0 Å². The fourth-order valence-corrected chi connectivity index (χ4v) is 7.20. The molecule has 0 saturated carbocycles. The molecule has 0 aliphatic heterocycles. The van der Waals surface area contributed by atoms with Crippen LogP contribution in [0.4, 0.5) is 0 Å². The standard InChI is InChI=1S/C49H31NO2/c1-3-9-32(10-4-1)34-15-19-36(20-16-34)40-27-28-46-43(29-40)44-31-41(37-21-17-35(18-22-37)33-11-5-2-6-12-33)30-42(48(44)51-46)38-23-25-39(26-24-38)49-50-45-13-7-8-14-47(45)52-49/h1-31H. The van der Waals surface area contributed by atoms with E-state index in [0.29, 0.717) is 5.89 Å². The van der Waals surface area contributed by atoms with E-state index in [1.807, 2.05) is 30.3 Å². The molecule has 3 heteroatoms. The molecule has 2 heterocycles. The summed E-state index contributed by atoms with van der Waals surface area (Å²) < 4.78 is 12.8. The Morgan fingerprint density at radius 1 is 0.308 bits per heavy atom. The molecule has 0 fully saturated rings. The number of furan rings is 1. The van der Waals surface area contributed by atoms with E-state index in [1.54, 1.807) is 0 Å². The van der Waals surface area contributed by atoms with Crippen LogP contribution in [0.3, 0.4) is 0 Å². The molecule has 10 rings (SSSR count). The van der Waals surface area contributed by atoms with Gasteiger partial charge < -0.3 is 8.83 Å². The maximum absolute atomic E-state index is 6.70. The van der Waals surface area contributed by atoms with E-state index in [1.165, 1.54) is 27.8 Å². The highest BCUT2D eigenvalue weighted by Gasteiger charge is 2.17. The van der Waals surface area contributed by atoms with Gasteiger partial charge in [0.15, 0.2) is 5.58 Å². The minimum atomic E-state index is 0.609. The van der Waals surface area contributed by atoms with Gasteiger partial charge in [-0.15, -0.1) is 0 Å². The molecule has 2 aromatic heterocycles. The Labute approximate surface area is 301 Å². The molecule has 0 N–H and O–H groups in total. The second-order valence-electron chi connectivity index (χ2n) is 13.2. The Kier molecular flexibility index (Phi) is 7.14. The molecule has 0 saturated heterocycles. The van der Waals surface area contributed by atoms with Crippen molar-refractivity contribution in [2.75, 3.05) is 0 Å². The first-order valence-electron chi connectivity index (χ1n) is 17.5. The monoisotopic (exact) mass is 665 g/mol. The third kappa shape index (κ3) is 5.37. The maximum atomic E-state index is 6.70. The summed E-state index contributed by atoms with van der Waals surface area (Å²) >= 11 is 0. The molecule has 0 bridgehead atoms. The Balaban J connectivity index is 1.09. The number of aromatic nitrogens is 1. The summed E-state index contributed by atoms with van der Waals surface area (Å²) in [5.74, 6) is 0.609. The van der Waals surface area contributed by atoms with E-state index in [-0.39, 0.29) is 0 Å². The first kappa shape index (κ1) is 29.9. The quantitative estimate of drug-likeness (QED) is 0.177. The summed E-state index contributed by atoms with van der Waals surface area (Å²) in [5, 5.41) is 2.17. The predicted molar refractivity (Wildman–Crippen MR) is 214 cm³/mol. The molecule has 0 amide bonds. The Morgan fingerprint density at radius 3 is 1.42 bits per heavy atom. The summed E-state index contributed by atoms with van der Waals surface area (Å²) in [6, 6.07) is 65.9. The van der Waals surface area contributed by atoms with Crippen LogP contribution in [0.15, 0.2) is 197 Å². The lowest BCUT2D eigenvalue weighted by Gasteiger charge is -2.10. The molecule has 0 radical (unpaired) electrons. The molecule has 10 aromatic rings. The number of hydrogen-bond acceptors (Lipinski definition) is 3. The summed E-state index contributed by atoms with van der Waals surface area (Å²) in [4.78, 5) is 4.71. The lowest BCUT2D eigenvalue weighted by atomic mass is 9.93. The summed E-state index contributed by atoms with van der Waals surface area (Å²) in [6.45, 7) is 0. The van der Waals surface area contributed by atoms with Gasteiger partial charge in [0.1, 0.15) is 16.7 Å². The van der Waals surface area contributed by atoms with Gasteiger partial charge in [0.25, 0.3) is 0 Å². The molecule has 0 atom stereocenters. The zero-order valence-corrected chi connectivity index (χ0v) is 28.2. The molecule has 0 spiro atoms. The van der Waals surface area contributed by atoms with Gasteiger partial charge in [0.05, 0.1) is 0 Å². The zero-order chi connectivity index (χ0) is 34.4. The van der Waals surface area contributed by atoms with Crippen LogP contribution in [0.25, 0.3) is 100 Å². The van der Waals surface area contributed by atoms with Crippen molar-refractivity contribution in [3.8, 4) is 67.1 Å². The van der Waals surface area contributed by atoms with Crippen LogP contribution in [0.5, 0.6) is 0 Å². The number of oxazole rings is 1. The smallest absolute Gasteiger partial charge is 0.227 e. The predicted octanol–water partition coefficient (Wildman–Crippen LogP) is 13.7. The molecular weight excluding hydrogens is 635 g/mol. The maximum Gasteiger partial charge on any atom is 0.227 e. The zero-order valence-electron chi connectivity index (χ0n) is 28.2. The minimum Gasteiger partial charge on any atom is -0.455 e. The third-order valence-electron chi connectivity index (χ3n) is 9.96. The molecule has 0 unspecified atom stereocenters. The van der Waals surface area contributed by atoms with Gasteiger partial charge in [-0.05, 0) is 98.6 Å². The van der Waals surface area contributed by atoms with Crippen molar-refractivity contribution in [2.24, 2.45) is 0 Å².